The molecule has 0 radical (unpaired) electrons. The van der Waals surface area contributed by atoms with Gasteiger partial charge in [-0.3, -0.25) is 9.59 Å². The summed E-state index contributed by atoms with van der Waals surface area (Å²) in [6.45, 7) is 3.67. The van der Waals surface area contributed by atoms with Crippen molar-refractivity contribution in [3.63, 3.8) is 0 Å². The summed E-state index contributed by atoms with van der Waals surface area (Å²) in [7, 11) is 0. The van der Waals surface area contributed by atoms with Gasteiger partial charge >= 0.3 is 5.97 Å². The van der Waals surface area contributed by atoms with Gasteiger partial charge in [-0.15, -0.1) is 0 Å². The lowest BCUT2D eigenvalue weighted by Gasteiger charge is -2.21. The molecular formula is C21H22N2O3. The van der Waals surface area contributed by atoms with Gasteiger partial charge < -0.3 is 10.1 Å². The Kier molecular flexibility index (Phi) is 6.92. The normalized spacial score (nSPS) is 12.5. The van der Waals surface area contributed by atoms with Gasteiger partial charge in [0, 0.05) is 5.69 Å². The second-order valence-electron chi connectivity index (χ2n) is 6.12. The zero-order valence-corrected chi connectivity index (χ0v) is 14.9. The molecule has 5 heteroatoms. The summed E-state index contributed by atoms with van der Waals surface area (Å²) in [5.41, 5.74) is 1.94. The molecule has 2 rings (SSSR count). The number of nitriles is 1. The topological polar surface area (TPSA) is 79.2 Å². The van der Waals surface area contributed by atoms with Crippen LogP contribution < -0.4 is 5.32 Å². The van der Waals surface area contributed by atoms with Crippen molar-refractivity contribution in [1.82, 2.24) is 0 Å². The molecule has 0 unspecified atom stereocenters. The molecule has 0 saturated heterocycles. The minimum absolute atomic E-state index is 0.103. The van der Waals surface area contributed by atoms with Gasteiger partial charge in [0.1, 0.15) is 0 Å². The van der Waals surface area contributed by atoms with Crippen LogP contribution in [0.4, 0.5) is 5.69 Å². The maximum absolute atomic E-state index is 12.5. The van der Waals surface area contributed by atoms with Crippen molar-refractivity contribution < 1.29 is 14.3 Å². The second-order valence-corrected chi connectivity index (χ2v) is 6.12. The molecule has 0 spiro atoms. The summed E-state index contributed by atoms with van der Waals surface area (Å²) >= 11 is 0. The van der Waals surface area contributed by atoms with Crippen LogP contribution in [-0.4, -0.2) is 18.5 Å². The van der Waals surface area contributed by atoms with E-state index >= 15 is 0 Å². The van der Waals surface area contributed by atoms with Crippen LogP contribution in [0.25, 0.3) is 0 Å². The molecule has 5 nitrogen and oxygen atoms in total. The van der Waals surface area contributed by atoms with Crippen molar-refractivity contribution in [3.05, 3.63) is 65.7 Å². The van der Waals surface area contributed by atoms with Crippen LogP contribution >= 0.6 is 0 Å². The molecule has 134 valence electrons. The fraction of sp³-hybridized carbons (Fsp3) is 0.286. The van der Waals surface area contributed by atoms with Crippen LogP contribution in [0.15, 0.2) is 54.6 Å². The summed E-state index contributed by atoms with van der Waals surface area (Å²) < 4.78 is 5.26. The zero-order valence-electron chi connectivity index (χ0n) is 14.9. The lowest BCUT2D eigenvalue weighted by Crippen LogP contribution is -2.26. The third kappa shape index (κ3) is 5.18. The summed E-state index contributed by atoms with van der Waals surface area (Å²) in [5.74, 6) is -1.12. The third-order valence-corrected chi connectivity index (χ3v) is 4.27. The monoisotopic (exact) mass is 350 g/mol. The van der Waals surface area contributed by atoms with E-state index in [9.17, 15) is 9.59 Å². The minimum atomic E-state index is -0.418. The van der Waals surface area contributed by atoms with Crippen molar-refractivity contribution in [2.24, 2.45) is 5.92 Å². The van der Waals surface area contributed by atoms with Crippen LogP contribution in [0, 0.1) is 17.2 Å². The summed E-state index contributed by atoms with van der Waals surface area (Å²) in [6.07, 6.45) is 0.825. The summed E-state index contributed by atoms with van der Waals surface area (Å²) in [5, 5.41) is 11.4. The minimum Gasteiger partial charge on any atom is -0.455 e. The first-order valence-corrected chi connectivity index (χ1v) is 8.56. The quantitative estimate of drug-likeness (QED) is 0.769. The molecule has 0 aromatic heterocycles. The fourth-order valence-electron chi connectivity index (χ4n) is 2.64. The van der Waals surface area contributed by atoms with Crippen LogP contribution in [0.2, 0.25) is 0 Å². The Bertz CT molecular complexity index is 779. The Morgan fingerprint density at radius 1 is 1.12 bits per heavy atom. The largest absolute Gasteiger partial charge is 0.455 e. The van der Waals surface area contributed by atoms with E-state index in [0.29, 0.717) is 11.3 Å². The van der Waals surface area contributed by atoms with E-state index in [0.717, 1.165) is 12.0 Å². The maximum Gasteiger partial charge on any atom is 0.314 e. The van der Waals surface area contributed by atoms with Crippen molar-refractivity contribution in [1.29, 1.82) is 5.26 Å². The lowest BCUT2D eigenvalue weighted by atomic mass is 9.86. The Morgan fingerprint density at radius 2 is 1.77 bits per heavy atom. The first-order chi connectivity index (χ1) is 12.5. The number of carbonyl (C=O) groups excluding carboxylic acids is 2. The first-order valence-electron chi connectivity index (χ1n) is 8.56. The fourth-order valence-corrected chi connectivity index (χ4v) is 2.64. The molecule has 0 aliphatic carbocycles. The predicted octanol–water partition coefficient (Wildman–Crippen LogP) is 3.87. The molecule has 2 atom stereocenters. The summed E-state index contributed by atoms with van der Waals surface area (Å²) in [4.78, 5) is 24.6. The average Bonchev–Trinajstić information content (AvgIpc) is 2.68. The Labute approximate surface area is 153 Å². The summed E-state index contributed by atoms with van der Waals surface area (Å²) in [6, 6.07) is 17.9. The molecule has 26 heavy (non-hydrogen) atoms. The average molecular weight is 350 g/mol. The van der Waals surface area contributed by atoms with E-state index in [1.165, 1.54) is 0 Å². The lowest BCUT2D eigenvalue weighted by molar-refractivity contribution is -0.150. The Balaban J connectivity index is 1.96. The highest BCUT2D eigenvalue weighted by molar-refractivity contribution is 5.93. The van der Waals surface area contributed by atoms with E-state index in [4.69, 9.17) is 10.00 Å². The van der Waals surface area contributed by atoms with Gasteiger partial charge in [-0.1, -0.05) is 50.6 Å². The number of esters is 1. The van der Waals surface area contributed by atoms with E-state index in [-0.39, 0.29) is 12.5 Å². The van der Waals surface area contributed by atoms with E-state index in [1.54, 1.807) is 24.3 Å². The van der Waals surface area contributed by atoms with Crippen LogP contribution in [0.1, 0.15) is 37.3 Å². The highest BCUT2D eigenvalue weighted by atomic mass is 16.5. The second kappa shape index (κ2) is 9.38. The molecule has 0 bridgehead atoms. The highest BCUT2D eigenvalue weighted by Crippen LogP contribution is 2.28. The molecule has 0 aliphatic rings. The van der Waals surface area contributed by atoms with Crippen molar-refractivity contribution >= 4 is 17.6 Å². The first kappa shape index (κ1) is 19.2. The number of ether oxygens (including phenoxy) is 1. The van der Waals surface area contributed by atoms with Gasteiger partial charge in [0.2, 0.25) is 0 Å². The number of nitrogens with zero attached hydrogens (tertiary/aromatic N) is 1. The molecule has 0 saturated carbocycles. The molecule has 0 aliphatic heterocycles. The molecule has 1 amide bonds. The van der Waals surface area contributed by atoms with Crippen LogP contribution in [-0.2, 0) is 14.3 Å². The molecule has 0 heterocycles. The number of rotatable bonds is 7. The number of amides is 1. The van der Waals surface area contributed by atoms with Gasteiger partial charge in [-0.25, -0.2) is 0 Å². The van der Waals surface area contributed by atoms with E-state index < -0.39 is 17.8 Å². The molecule has 2 aromatic rings. The number of anilines is 1. The molecule has 2 aromatic carbocycles. The number of nitrogens with one attached hydrogen (secondary N) is 1. The number of benzene rings is 2. The maximum atomic E-state index is 12.5. The SMILES string of the molecule is CC[C@@H](C)[C@@H](C(=O)OCC(=O)Nc1ccc(C#N)cc1)c1ccccc1. The zero-order chi connectivity index (χ0) is 18.9. The van der Waals surface area contributed by atoms with E-state index in [1.807, 2.05) is 50.2 Å². The smallest absolute Gasteiger partial charge is 0.314 e. The van der Waals surface area contributed by atoms with E-state index in [2.05, 4.69) is 5.32 Å². The Hall–Kier alpha value is -3.13. The van der Waals surface area contributed by atoms with Crippen molar-refractivity contribution in [2.75, 3.05) is 11.9 Å². The third-order valence-electron chi connectivity index (χ3n) is 4.27. The van der Waals surface area contributed by atoms with Gasteiger partial charge in [0.15, 0.2) is 6.61 Å². The van der Waals surface area contributed by atoms with Gasteiger partial charge in [0.25, 0.3) is 5.91 Å². The van der Waals surface area contributed by atoms with Crippen LogP contribution in [0.3, 0.4) is 0 Å². The highest BCUT2D eigenvalue weighted by Gasteiger charge is 2.27. The number of carbonyl (C=O) groups is 2. The number of hydrogen-bond donors (Lipinski definition) is 1. The van der Waals surface area contributed by atoms with Gasteiger partial charge in [-0.2, -0.15) is 5.26 Å². The Morgan fingerprint density at radius 3 is 2.35 bits per heavy atom. The predicted molar refractivity (Wildman–Crippen MR) is 99.4 cm³/mol. The molecule has 1 N–H and O–H groups in total. The standard InChI is InChI=1S/C21H22N2O3/c1-3-15(2)20(17-7-5-4-6-8-17)21(25)26-14-19(24)23-18-11-9-16(13-22)10-12-18/h4-12,15,20H,3,14H2,1-2H3,(H,23,24)/t15-,20-/m1/s1. The number of hydrogen-bond acceptors (Lipinski definition) is 4. The van der Waals surface area contributed by atoms with Crippen molar-refractivity contribution in [2.45, 2.75) is 26.2 Å². The van der Waals surface area contributed by atoms with Crippen molar-refractivity contribution in [3.8, 4) is 6.07 Å². The van der Waals surface area contributed by atoms with Gasteiger partial charge in [0.05, 0.1) is 17.6 Å². The molecule has 0 fully saturated rings. The van der Waals surface area contributed by atoms with Crippen LogP contribution in [0.5, 0.6) is 0 Å². The molecular weight excluding hydrogens is 328 g/mol. The van der Waals surface area contributed by atoms with Gasteiger partial charge in [-0.05, 0) is 35.7 Å².